The number of benzene rings is 1. The van der Waals surface area contributed by atoms with Crippen LogP contribution in [0.2, 0.25) is 0 Å². The van der Waals surface area contributed by atoms with Gasteiger partial charge in [0.15, 0.2) is 0 Å². The number of nitrogens with zero attached hydrogens (tertiary/aromatic N) is 1. The molecule has 0 saturated heterocycles. The van der Waals surface area contributed by atoms with E-state index in [0.717, 1.165) is 11.3 Å². The van der Waals surface area contributed by atoms with E-state index in [-0.39, 0.29) is 12.6 Å². The maximum absolute atomic E-state index is 11.9. The minimum atomic E-state index is -0.920. The Morgan fingerprint density at radius 1 is 1.20 bits per heavy atom. The molecule has 0 bridgehead atoms. The van der Waals surface area contributed by atoms with Crippen LogP contribution in [0, 0.1) is 6.92 Å². The molecule has 0 radical (unpaired) electrons. The second kappa shape index (κ2) is 8.89. The molecule has 0 spiro atoms. The smallest absolute Gasteiger partial charge is 0.315 e. The maximum atomic E-state index is 11.9. The number of aryl methyl sites for hydroxylation is 1. The Hall–Kier alpha value is -2.80. The summed E-state index contributed by atoms with van der Waals surface area (Å²) in [4.78, 5) is 16.1. The van der Waals surface area contributed by atoms with E-state index in [2.05, 4.69) is 15.6 Å². The zero-order valence-electron chi connectivity index (χ0n) is 14.6. The SMILES string of the molecule is COc1ccc(OC)c([C@@H](O)CNC(=O)NCc2ccc(C)nc2)c1. The molecule has 3 N–H and O–H groups in total. The number of rotatable bonds is 7. The summed E-state index contributed by atoms with van der Waals surface area (Å²) in [5, 5.41) is 15.7. The largest absolute Gasteiger partial charge is 0.497 e. The summed E-state index contributed by atoms with van der Waals surface area (Å²) in [5.41, 5.74) is 2.37. The third kappa shape index (κ3) is 5.36. The van der Waals surface area contributed by atoms with Crippen molar-refractivity contribution in [1.29, 1.82) is 0 Å². The van der Waals surface area contributed by atoms with Crippen molar-refractivity contribution >= 4 is 6.03 Å². The van der Waals surface area contributed by atoms with Gasteiger partial charge in [-0.25, -0.2) is 4.79 Å². The van der Waals surface area contributed by atoms with E-state index < -0.39 is 6.10 Å². The monoisotopic (exact) mass is 345 g/mol. The molecule has 0 fully saturated rings. The van der Waals surface area contributed by atoms with Crippen LogP contribution in [-0.4, -0.2) is 36.9 Å². The first kappa shape index (κ1) is 18.5. The first-order valence-electron chi connectivity index (χ1n) is 7.86. The molecule has 7 nitrogen and oxygen atoms in total. The van der Waals surface area contributed by atoms with Gasteiger partial charge in [0.25, 0.3) is 0 Å². The predicted octanol–water partition coefficient (Wildman–Crippen LogP) is 1.94. The third-order valence-electron chi connectivity index (χ3n) is 3.68. The number of pyridine rings is 1. The highest BCUT2D eigenvalue weighted by molar-refractivity contribution is 5.73. The lowest BCUT2D eigenvalue weighted by Gasteiger charge is -2.17. The minimum Gasteiger partial charge on any atom is -0.497 e. The lowest BCUT2D eigenvalue weighted by Crippen LogP contribution is -2.37. The van der Waals surface area contributed by atoms with Gasteiger partial charge in [0.1, 0.15) is 17.6 Å². The summed E-state index contributed by atoms with van der Waals surface area (Å²) in [7, 11) is 3.07. The Kier molecular flexibility index (Phi) is 6.59. The van der Waals surface area contributed by atoms with Crippen LogP contribution >= 0.6 is 0 Å². The summed E-state index contributed by atoms with van der Waals surface area (Å²) in [6.07, 6.45) is 0.794. The van der Waals surface area contributed by atoms with Crippen molar-refractivity contribution in [3.8, 4) is 11.5 Å². The summed E-state index contributed by atoms with van der Waals surface area (Å²) >= 11 is 0. The highest BCUT2D eigenvalue weighted by Crippen LogP contribution is 2.28. The van der Waals surface area contributed by atoms with Gasteiger partial charge in [0.05, 0.1) is 14.2 Å². The molecule has 2 amide bonds. The minimum absolute atomic E-state index is 0.0432. The summed E-state index contributed by atoms with van der Waals surface area (Å²) in [6.45, 7) is 2.30. The molecule has 1 heterocycles. The number of carbonyl (C=O) groups is 1. The van der Waals surface area contributed by atoms with Crippen LogP contribution in [0.3, 0.4) is 0 Å². The number of methoxy groups -OCH3 is 2. The van der Waals surface area contributed by atoms with Crippen molar-refractivity contribution in [2.45, 2.75) is 19.6 Å². The molecule has 1 aromatic carbocycles. The Balaban J connectivity index is 1.87. The van der Waals surface area contributed by atoms with Crippen molar-refractivity contribution in [3.05, 3.63) is 53.3 Å². The van der Waals surface area contributed by atoms with Crippen molar-refractivity contribution < 1.29 is 19.4 Å². The molecule has 0 unspecified atom stereocenters. The van der Waals surface area contributed by atoms with Gasteiger partial charge in [-0.05, 0) is 36.8 Å². The zero-order valence-corrected chi connectivity index (χ0v) is 14.6. The van der Waals surface area contributed by atoms with E-state index >= 15 is 0 Å². The molecule has 0 saturated carbocycles. The van der Waals surface area contributed by atoms with Gasteiger partial charge >= 0.3 is 6.03 Å². The molecule has 0 aliphatic carbocycles. The van der Waals surface area contributed by atoms with Gasteiger partial charge in [0, 0.05) is 30.5 Å². The molecule has 2 rings (SSSR count). The topological polar surface area (TPSA) is 92.7 Å². The Morgan fingerprint density at radius 3 is 2.64 bits per heavy atom. The lowest BCUT2D eigenvalue weighted by atomic mass is 10.1. The third-order valence-corrected chi connectivity index (χ3v) is 3.68. The van der Waals surface area contributed by atoms with Gasteiger partial charge in [-0.3, -0.25) is 4.98 Å². The van der Waals surface area contributed by atoms with Crippen LogP contribution in [0.1, 0.15) is 22.9 Å². The number of carbonyl (C=O) groups excluding carboxylic acids is 1. The molecule has 0 aliphatic heterocycles. The summed E-state index contributed by atoms with van der Waals surface area (Å²) in [5.74, 6) is 1.13. The number of aliphatic hydroxyl groups excluding tert-OH is 1. The fourth-order valence-corrected chi connectivity index (χ4v) is 2.25. The van der Waals surface area contributed by atoms with Gasteiger partial charge in [-0.1, -0.05) is 6.07 Å². The van der Waals surface area contributed by atoms with Crippen molar-refractivity contribution in [2.75, 3.05) is 20.8 Å². The molecular formula is C18H23N3O4. The average molecular weight is 345 g/mol. The van der Waals surface area contributed by atoms with Crippen molar-refractivity contribution in [2.24, 2.45) is 0 Å². The maximum Gasteiger partial charge on any atom is 0.315 e. The number of ether oxygens (including phenoxy) is 2. The van der Waals surface area contributed by atoms with Crippen molar-refractivity contribution in [3.63, 3.8) is 0 Å². The number of hydrogen-bond acceptors (Lipinski definition) is 5. The van der Waals surface area contributed by atoms with Crippen LogP contribution in [0.5, 0.6) is 11.5 Å². The van der Waals surface area contributed by atoms with Crippen LogP contribution in [0.4, 0.5) is 4.79 Å². The Morgan fingerprint density at radius 2 is 2.00 bits per heavy atom. The molecule has 0 aliphatic rings. The van der Waals surface area contributed by atoms with Gasteiger partial charge in [0.2, 0.25) is 0 Å². The number of nitrogens with one attached hydrogen (secondary N) is 2. The molecule has 7 heteroatoms. The van der Waals surface area contributed by atoms with Crippen LogP contribution in [-0.2, 0) is 6.54 Å². The number of aliphatic hydroxyl groups is 1. The predicted molar refractivity (Wildman–Crippen MR) is 93.7 cm³/mol. The van der Waals surface area contributed by atoms with Crippen LogP contribution in [0.15, 0.2) is 36.5 Å². The van der Waals surface area contributed by atoms with E-state index in [1.54, 1.807) is 31.5 Å². The van der Waals surface area contributed by atoms with Gasteiger partial charge in [-0.2, -0.15) is 0 Å². The summed E-state index contributed by atoms with van der Waals surface area (Å²) < 4.78 is 10.4. The molecule has 1 aromatic heterocycles. The number of amides is 2. The van der Waals surface area contributed by atoms with E-state index in [1.165, 1.54) is 7.11 Å². The Bertz CT molecular complexity index is 704. The number of hydrogen-bond donors (Lipinski definition) is 3. The highest BCUT2D eigenvalue weighted by atomic mass is 16.5. The van der Waals surface area contributed by atoms with E-state index in [1.807, 2.05) is 19.1 Å². The average Bonchev–Trinajstić information content (AvgIpc) is 2.65. The second-order valence-electron chi connectivity index (χ2n) is 5.50. The molecule has 1 atom stereocenters. The number of aromatic nitrogens is 1. The molecule has 2 aromatic rings. The molecular weight excluding hydrogens is 322 g/mol. The van der Waals surface area contributed by atoms with Crippen molar-refractivity contribution in [1.82, 2.24) is 15.6 Å². The van der Waals surface area contributed by atoms with E-state index in [0.29, 0.717) is 23.6 Å². The Labute approximate surface area is 147 Å². The first-order valence-corrected chi connectivity index (χ1v) is 7.86. The summed E-state index contributed by atoms with van der Waals surface area (Å²) in [6, 6.07) is 8.54. The fourth-order valence-electron chi connectivity index (χ4n) is 2.25. The quantitative estimate of drug-likeness (QED) is 0.713. The molecule has 134 valence electrons. The van der Waals surface area contributed by atoms with Gasteiger partial charge < -0.3 is 25.2 Å². The fraction of sp³-hybridized carbons (Fsp3) is 0.333. The first-order chi connectivity index (χ1) is 12.0. The van der Waals surface area contributed by atoms with Crippen LogP contribution < -0.4 is 20.1 Å². The second-order valence-corrected chi connectivity index (χ2v) is 5.50. The van der Waals surface area contributed by atoms with E-state index in [9.17, 15) is 9.90 Å². The zero-order chi connectivity index (χ0) is 18.2. The highest BCUT2D eigenvalue weighted by Gasteiger charge is 2.15. The number of urea groups is 1. The molecule has 25 heavy (non-hydrogen) atoms. The standard InChI is InChI=1S/C18H23N3O4/c1-12-4-5-13(9-19-12)10-20-18(23)21-11-16(22)15-8-14(24-2)6-7-17(15)25-3/h4-9,16,22H,10-11H2,1-3H3,(H2,20,21,23)/t16-/m0/s1. The lowest BCUT2D eigenvalue weighted by molar-refractivity contribution is 0.169. The van der Waals surface area contributed by atoms with Gasteiger partial charge in [-0.15, -0.1) is 0 Å². The van der Waals surface area contributed by atoms with E-state index in [4.69, 9.17) is 9.47 Å². The van der Waals surface area contributed by atoms with Crippen LogP contribution in [0.25, 0.3) is 0 Å². The normalized spacial score (nSPS) is 11.5.